The molecule has 0 aromatic carbocycles. The van der Waals surface area contributed by atoms with Crippen LogP contribution in [0, 0.1) is 5.92 Å². The van der Waals surface area contributed by atoms with Crippen molar-refractivity contribution < 1.29 is 4.74 Å². The first kappa shape index (κ1) is 7.54. The highest BCUT2D eigenvalue weighted by molar-refractivity contribution is 4.86. The largest absolute Gasteiger partial charge is 0.501 e. The fourth-order valence-electron chi connectivity index (χ4n) is 0.429. The lowest BCUT2D eigenvalue weighted by Gasteiger charge is -2.09. The van der Waals surface area contributed by atoms with Gasteiger partial charge in [-0.15, -0.1) is 0 Å². The minimum Gasteiger partial charge on any atom is -0.501 e. The Bertz CT molecular complexity index is 76.5. The summed E-state index contributed by atoms with van der Waals surface area (Å²) in [5.74, 6) is 1.38. The first-order chi connectivity index (χ1) is 3.72. The molecule has 0 rings (SSSR count). The normalized spacial score (nSPS) is 12.9. The summed E-state index contributed by atoms with van der Waals surface area (Å²) < 4.78 is 4.91. The summed E-state index contributed by atoms with van der Waals surface area (Å²) in [6, 6.07) is 0. The van der Waals surface area contributed by atoms with Crippen LogP contribution < -0.4 is 0 Å². The zero-order valence-corrected chi connectivity index (χ0v) is 5.90. The molecule has 0 amide bonds. The molecule has 1 nitrogen and oxygen atoms in total. The maximum atomic E-state index is 4.91. The van der Waals surface area contributed by atoms with Gasteiger partial charge in [-0.1, -0.05) is 20.4 Å². The van der Waals surface area contributed by atoms with Crippen LogP contribution in [-0.4, -0.2) is 7.11 Å². The van der Waals surface area contributed by atoms with Crippen molar-refractivity contribution in [2.45, 2.75) is 20.3 Å². The number of rotatable bonds is 3. The van der Waals surface area contributed by atoms with E-state index in [1.165, 1.54) is 0 Å². The van der Waals surface area contributed by atoms with Gasteiger partial charge >= 0.3 is 0 Å². The van der Waals surface area contributed by atoms with Crippen LogP contribution in [0.1, 0.15) is 20.3 Å². The molecule has 1 atom stereocenters. The highest BCUT2D eigenvalue weighted by atomic mass is 16.5. The Kier molecular flexibility index (Phi) is 3.33. The number of hydrogen-bond donors (Lipinski definition) is 0. The van der Waals surface area contributed by atoms with Crippen molar-refractivity contribution in [2.24, 2.45) is 5.92 Å². The second-order valence-corrected chi connectivity index (χ2v) is 1.98. The van der Waals surface area contributed by atoms with E-state index in [4.69, 9.17) is 4.74 Å². The monoisotopic (exact) mass is 114 g/mol. The Balaban J connectivity index is 3.46. The van der Waals surface area contributed by atoms with Crippen LogP contribution in [0.2, 0.25) is 0 Å². The fourth-order valence-corrected chi connectivity index (χ4v) is 0.429. The van der Waals surface area contributed by atoms with Crippen molar-refractivity contribution in [3.05, 3.63) is 12.3 Å². The summed E-state index contributed by atoms with van der Waals surface area (Å²) in [5, 5.41) is 0. The van der Waals surface area contributed by atoms with Gasteiger partial charge in [-0.3, -0.25) is 0 Å². The van der Waals surface area contributed by atoms with E-state index in [1.54, 1.807) is 7.11 Å². The van der Waals surface area contributed by atoms with Gasteiger partial charge in [0.25, 0.3) is 0 Å². The fraction of sp³-hybridized carbons (Fsp3) is 0.714. The van der Waals surface area contributed by atoms with E-state index in [0.717, 1.165) is 12.2 Å². The number of allylic oxidation sites excluding steroid dienone is 1. The summed E-state index contributed by atoms with van der Waals surface area (Å²) in [4.78, 5) is 0. The van der Waals surface area contributed by atoms with Crippen molar-refractivity contribution in [3.63, 3.8) is 0 Å². The Hall–Kier alpha value is -0.460. The standard InChI is InChI=1S/C7H14O/c1-5-6(2)7(3)8-4/h6H,3,5H2,1-2,4H3. The molecular weight excluding hydrogens is 100 g/mol. The van der Waals surface area contributed by atoms with E-state index in [1.807, 2.05) is 0 Å². The van der Waals surface area contributed by atoms with Crippen molar-refractivity contribution in [2.75, 3.05) is 7.11 Å². The molecule has 0 radical (unpaired) electrons. The third-order valence-electron chi connectivity index (χ3n) is 1.42. The molecule has 0 spiro atoms. The van der Waals surface area contributed by atoms with Crippen LogP contribution in [0.4, 0.5) is 0 Å². The summed E-state index contributed by atoms with van der Waals surface area (Å²) in [6.45, 7) is 7.94. The van der Waals surface area contributed by atoms with Crippen molar-refractivity contribution >= 4 is 0 Å². The highest BCUT2D eigenvalue weighted by Gasteiger charge is 2.00. The molecule has 0 saturated carbocycles. The Labute approximate surface area is 51.4 Å². The lowest BCUT2D eigenvalue weighted by atomic mass is 10.1. The summed E-state index contributed by atoms with van der Waals surface area (Å²) in [7, 11) is 1.66. The van der Waals surface area contributed by atoms with E-state index in [9.17, 15) is 0 Å². The molecule has 0 N–H and O–H groups in total. The number of methoxy groups -OCH3 is 1. The van der Waals surface area contributed by atoms with E-state index in [0.29, 0.717) is 5.92 Å². The van der Waals surface area contributed by atoms with E-state index in [-0.39, 0.29) is 0 Å². The lowest BCUT2D eigenvalue weighted by Crippen LogP contribution is -1.97. The molecule has 0 aromatic heterocycles. The van der Waals surface area contributed by atoms with Crippen LogP contribution in [0.25, 0.3) is 0 Å². The van der Waals surface area contributed by atoms with Crippen molar-refractivity contribution in [3.8, 4) is 0 Å². The zero-order chi connectivity index (χ0) is 6.57. The topological polar surface area (TPSA) is 9.23 Å². The van der Waals surface area contributed by atoms with Gasteiger partial charge in [0.05, 0.1) is 12.9 Å². The Morgan fingerprint density at radius 1 is 1.75 bits per heavy atom. The predicted molar refractivity (Wildman–Crippen MR) is 35.6 cm³/mol. The molecule has 0 aromatic rings. The summed E-state index contributed by atoms with van der Waals surface area (Å²) in [6.07, 6.45) is 1.10. The molecular formula is C7H14O. The summed E-state index contributed by atoms with van der Waals surface area (Å²) in [5.41, 5.74) is 0. The van der Waals surface area contributed by atoms with Crippen LogP contribution in [0.3, 0.4) is 0 Å². The highest BCUT2D eigenvalue weighted by Crippen LogP contribution is 2.10. The zero-order valence-electron chi connectivity index (χ0n) is 5.90. The van der Waals surface area contributed by atoms with Crippen molar-refractivity contribution in [1.82, 2.24) is 0 Å². The third-order valence-corrected chi connectivity index (χ3v) is 1.42. The van der Waals surface area contributed by atoms with Crippen LogP contribution in [-0.2, 0) is 4.74 Å². The van der Waals surface area contributed by atoms with Gasteiger partial charge in [0.1, 0.15) is 0 Å². The van der Waals surface area contributed by atoms with Crippen LogP contribution >= 0.6 is 0 Å². The van der Waals surface area contributed by atoms with Crippen molar-refractivity contribution in [1.29, 1.82) is 0 Å². The summed E-state index contributed by atoms with van der Waals surface area (Å²) >= 11 is 0. The maximum Gasteiger partial charge on any atom is 0.0911 e. The van der Waals surface area contributed by atoms with Gasteiger partial charge in [-0.05, 0) is 6.42 Å². The van der Waals surface area contributed by atoms with Crippen LogP contribution in [0.5, 0.6) is 0 Å². The van der Waals surface area contributed by atoms with Gasteiger partial charge in [0, 0.05) is 5.92 Å². The quantitative estimate of drug-likeness (QED) is 0.511. The van der Waals surface area contributed by atoms with E-state index >= 15 is 0 Å². The molecule has 1 unspecified atom stereocenters. The third kappa shape index (κ3) is 2.01. The molecule has 0 aliphatic heterocycles. The lowest BCUT2D eigenvalue weighted by molar-refractivity contribution is 0.247. The predicted octanol–water partition coefficient (Wildman–Crippen LogP) is 2.19. The average molecular weight is 114 g/mol. The molecule has 0 bridgehead atoms. The Morgan fingerprint density at radius 2 is 2.25 bits per heavy atom. The molecule has 0 saturated heterocycles. The number of hydrogen-bond acceptors (Lipinski definition) is 1. The molecule has 0 aliphatic carbocycles. The first-order valence-electron chi connectivity index (χ1n) is 2.95. The SMILES string of the molecule is C=C(OC)C(C)CC. The van der Waals surface area contributed by atoms with Gasteiger partial charge in [0.15, 0.2) is 0 Å². The second kappa shape index (κ2) is 3.53. The molecule has 0 fully saturated rings. The van der Waals surface area contributed by atoms with Gasteiger partial charge in [-0.25, -0.2) is 0 Å². The molecule has 48 valence electrons. The minimum absolute atomic E-state index is 0.500. The van der Waals surface area contributed by atoms with Crippen LogP contribution in [0.15, 0.2) is 12.3 Å². The maximum absolute atomic E-state index is 4.91. The molecule has 0 aliphatic rings. The minimum atomic E-state index is 0.500. The smallest absolute Gasteiger partial charge is 0.0911 e. The second-order valence-electron chi connectivity index (χ2n) is 1.98. The van der Waals surface area contributed by atoms with E-state index < -0.39 is 0 Å². The average Bonchev–Trinajstić information content (AvgIpc) is 1.84. The molecule has 8 heavy (non-hydrogen) atoms. The Morgan fingerprint density at radius 3 is 2.38 bits per heavy atom. The van der Waals surface area contributed by atoms with Gasteiger partial charge in [0.2, 0.25) is 0 Å². The van der Waals surface area contributed by atoms with Gasteiger partial charge in [-0.2, -0.15) is 0 Å². The first-order valence-corrected chi connectivity index (χ1v) is 2.95. The number of ether oxygens (including phenoxy) is 1. The van der Waals surface area contributed by atoms with E-state index in [2.05, 4.69) is 20.4 Å². The molecule has 0 heterocycles. The van der Waals surface area contributed by atoms with Gasteiger partial charge < -0.3 is 4.74 Å². The molecule has 1 heteroatoms.